The third-order valence-electron chi connectivity index (χ3n) is 5.45. The highest BCUT2D eigenvalue weighted by Crippen LogP contribution is 2.31. The first-order chi connectivity index (χ1) is 13.8. The van der Waals surface area contributed by atoms with E-state index >= 15 is 0 Å². The molecule has 1 amide bonds. The molecule has 0 aliphatic heterocycles. The van der Waals surface area contributed by atoms with Gasteiger partial charge in [0.25, 0.3) is 0 Å². The van der Waals surface area contributed by atoms with Crippen LogP contribution in [0.2, 0.25) is 0 Å². The molecule has 0 aliphatic rings. The average molecular weight is 399 g/mol. The summed E-state index contributed by atoms with van der Waals surface area (Å²) in [4.78, 5) is 16.2. The lowest BCUT2D eigenvalue weighted by molar-refractivity contribution is -0.126. The van der Waals surface area contributed by atoms with Crippen LogP contribution in [0.4, 0.5) is 5.82 Å². The Balaban J connectivity index is 1.76. The normalized spacial score (nSPS) is 11.9. The van der Waals surface area contributed by atoms with Crippen molar-refractivity contribution >= 4 is 28.4 Å². The van der Waals surface area contributed by atoms with Gasteiger partial charge in [0, 0.05) is 12.0 Å². The Bertz CT molecular complexity index is 1040. The number of anilines is 1. The van der Waals surface area contributed by atoms with Crippen LogP contribution in [0.1, 0.15) is 50.9 Å². The van der Waals surface area contributed by atoms with Crippen molar-refractivity contribution in [2.45, 2.75) is 53.4 Å². The molecule has 0 unspecified atom stereocenters. The predicted molar refractivity (Wildman–Crippen MR) is 114 cm³/mol. The van der Waals surface area contributed by atoms with Crippen LogP contribution >= 0.6 is 0 Å². The zero-order valence-corrected chi connectivity index (χ0v) is 17.9. The Morgan fingerprint density at radius 3 is 2.66 bits per heavy atom. The molecule has 3 rings (SSSR count). The molecule has 1 aromatic carbocycles. The monoisotopic (exact) mass is 398 g/mol. The van der Waals surface area contributed by atoms with E-state index in [4.69, 9.17) is 15.5 Å². The van der Waals surface area contributed by atoms with E-state index in [2.05, 4.69) is 15.5 Å². The van der Waals surface area contributed by atoms with Crippen molar-refractivity contribution < 1.29 is 9.53 Å². The second kappa shape index (κ2) is 8.23. The second-order valence-corrected chi connectivity index (χ2v) is 8.14. The minimum atomic E-state index is -0.451. The summed E-state index contributed by atoms with van der Waals surface area (Å²) in [6.07, 6.45) is 3.70. The topological polar surface area (TPSA) is 107 Å². The molecule has 8 nitrogen and oxygen atoms in total. The molecule has 156 valence electrons. The molecule has 0 radical (unpaired) electrons. The van der Waals surface area contributed by atoms with Gasteiger partial charge in [0.1, 0.15) is 17.1 Å². The smallest absolute Gasteiger partial charge is 0.223 e. The first kappa shape index (κ1) is 20.8. The maximum absolute atomic E-state index is 11.4. The lowest BCUT2D eigenvalue weighted by Gasteiger charge is -2.19. The summed E-state index contributed by atoms with van der Waals surface area (Å²) in [7, 11) is 1.66. The number of benzene rings is 1. The number of ether oxygens (including phenoxy) is 1. The molecular formula is C21H30N6O2. The summed E-state index contributed by atoms with van der Waals surface area (Å²) >= 11 is 0. The van der Waals surface area contributed by atoms with Crippen LogP contribution < -0.4 is 15.8 Å². The summed E-state index contributed by atoms with van der Waals surface area (Å²) in [5.41, 5.74) is 8.42. The minimum Gasteiger partial charge on any atom is -0.494 e. The molecule has 0 bridgehead atoms. The fraction of sp³-hybridized carbons (Fsp3) is 0.524. The van der Waals surface area contributed by atoms with Gasteiger partial charge in [-0.3, -0.25) is 9.20 Å². The number of aromatic nitrogens is 4. The summed E-state index contributed by atoms with van der Waals surface area (Å²) in [6.45, 7) is 8.48. The van der Waals surface area contributed by atoms with Crippen molar-refractivity contribution in [2.24, 2.45) is 11.1 Å². The zero-order chi connectivity index (χ0) is 21.2. The maximum Gasteiger partial charge on any atom is 0.223 e. The molecule has 0 spiro atoms. The summed E-state index contributed by atoms with van der Waals surface area (Å²) in [5, 5.41) is 11.9. The molecule has 0 saturated carbocycles. The standard InChI is InChI=1S/C21H30N6O2/c1-13-9-10-15-16(17(13)29-5)24-18(19-26-25-14(2)27(15)19)23-12-8-6-7-11-21(3,4)20(22)28/h9-10H,6-8,11-12H2,1-5H3,(H2,22,28)(H,23,24). The third-order valence-corrected chi connectivity index (χ3v) is 5.45. The number of hydrogen-bond donors (Lipinski definition) is 2. The number of amides is 1. The summed E-state index contributed by atoms with van der Waals surface area (Å²) in [5.74, 6) is 2.01. The van der Waals surface area contributed by atoms with Crippen LogP contribution in [-0.4, -0.2) is 39.1 Å². The fourth-order valence-corrected chi connectivity index (χ4v) is 3.49. The van der Waals surface area contributed by atoms with E-state index in [1.165, 1.54) is 0 Å². The van der Waals surface area contributed by atoms with E-state index in [1.807, 2.05) is 44.2 Å². The van der Waals surface area contributed by atoms with E-state index in [0.29, 0.717) is 11.5 Å². The molecule has 0 atom stereocenters. The van der Waals surface area contributed by atoms with Crippen molar-refractivity contribution in [2.75, 3.05) is 19.0 Å². The quantitative estimate of drug-likeness (QED) is 0.535. The van der Waals surface area contributed by atoms with Gasteiger partial charge in [-0.25, -0.2) is 4.98 Å². The van der Waals surface area contributed by atoms with Gasteiger partial charge < -0.3 is 15.8 Å². The zero-order valence-electron chi connectivity index (χ0n) is 17.9. The Hall–Kier alpha value is -2.90. The van der Waals surface area contributed by atoms with E-state index in [0.717, 1.165) is 60.4 Å². The second-order valence-electron chi connectivity index (χ2n) is 8.14. The SMILES string of the molecule is COc1c(C)ccc2c1nc(NCCCCCC(C)(C)C(N)=O)c1nnc(C)n12. The molecule has 0 aliphatic carbocycles. The number of methoxy groups -OCH3 is 1. The van der Waals surface area contributed by atoms with Crippen LogP contribution in [0.3, 0.4) is 0 Å². The van der Waals surface area contributed by atoms with Crippen LogP contribution in [-0.2, 0) is 4.79 Å². The highest BCUT2D eigenvalue weighted by molar-refractivity contribution is 5.88. The number of primary amides is 1. The number of hydrogen-bond acceptors (Lipinski definition) is 6. The number of carbonyl (C=O) groups is 1. The highest BCUT2D eigenvalue weighted by atomic mass is 16.5. The van der Waals surface area contributed by atoms with E-state index in [9.17, 15) is 4.79 Å². The number of rotatable bonds is 9. The predicted octanol–water partition coefficient (Wildman–Crippen LogP) is 3.39. The molecular weight excluding hydrogens is 368 g/mol. The lowest BCUT2D eigenvalue weighted by Crippen LogP contribution is -2.31. The summed E-state index contributed by atoms with van der Waals surface area (Å²) < 4.78 is 7.61. The minimum absolute atomic E-state index is 0.246. The maximum atomic E-state index is 11.4. The van der Waals surface area contributed by atoms with Crippen molar-refractivity contribution in [3.05, 3.63) is 23.5 Å². The van der Waals surface area contributed by atoms with Gasteiger partial charge in [-0.15, -0.1) is 10.2 Å². The number of nitrogens with zero attached hydrogens (tertiary/aromatic N) is 4. The van der Waals surface area contributed by atoms with Gasteiger partial charge >= 0.3 is 0 Å². The lowest BCUT2D eigenvalue weighted by atomic mass is 9.86. The number of fused-ring (bicyclic) bond motifs is 3. The van der Waals surface area contributed by atoms with E-state index in [1.54, 1.807) is 7.11 Å². The van der Waals surface area contributed by atoms with Crippen molar-refractivity contribution in [3.8, 4) is 5.75 Å². The van der Waals surface area contributed by atoms with Crippen molar-refractivity contribution in [1.82, 2.24) is 19.6 Å². The number of nitrogens with one attached hydrogen (secondary N) is 1. The number of unbranched alkanes of at least 4 members (excludes halogenated alkanes) is 2. The number of carbonyl (C=O) groups excluding carboxylic acids is 1. The van der Waals surface area contributed by atoms with Crippen molar-refractivity contribution in [3.63, 3.8) is 0 Å². The Labute approximate surface area is 170 Å². The Morgan fingerprint density at radius 2 is 1.97 bits per heavy atom. The van der Waals surface area contributed by atoms with Gasteiger partial charge in [0.15, 0.2) is 5.82 Å². The van der Waals surface area contributed by atoms with Crippen LogP contribution in [0.5, 0.6) is 5.75 Å². The Kier molecular flexibility index (Phi) is 5.91. The number of aryl methyl sites for hydroxylation is 2. The molecule has 3 N–H and O–H groups in total. The van der Waals surface area contributed by atoms with Gasteiger partial charge in [-0.1, -0.05) is 32.8 Å². The van der Waals surface area contributed by atoms with Gasteiger partial charge in [0.2, 0.25) is 11.6 Å². The largest absolute Gasteiger partial charge is 0.494 e. The van der Waals surface area contributed by atoms with E-state index < -0.39 is 5.41 Å². The first-order valence-electron chi connectivity index (χ1n) is 9.99. The van der Waals surface area contributed by atoms with Gasteiger partial charge in [0.05, 0.1) is 12.6 Å². The molecule has 0 saturated heterocycles. The summed E-state index contributed by atoms with van der Waals surface area (Å²) in [6, 6.07) is 4.04. The van der Waals surface area contributed by atoms with Gasteiger partial charge in [-0.2, -0.15) is 0 Å². The van der Waals surface area contributed by atoms with Crippen LogP contribution in [0.25, 0.3) is 16.7 Å². The fourth-order valence-electron chi connectivity index (χ4n) is 3.49. The van der Waals surface area contributed by atoms with E-state index in [-0.39, 0.29) is 5.91 Å². The highest BCUT2D eigenvalue weighted by Gasteiger charge is 2.23. The number of nitrogens with two attached hydrogens (primary N) is 1. The van der Waals surface area contributed by atoms with Crippen LogP contribution in [0, 0.1) is 19.3 Å². The Morgan fingerprint density at radius 1 is 1.21 bits per heavy atom. The van der Waals surface area contributed by atoms with Crippen molar-refractivity contribution in [1.29, 1.82) is 0 Å². The molecule has 0 fully saturated rings. The molecule has 2 heterocycles. The van der Waals surface area contributed by atoms with Crippen LogP contribution in [0.15, 0.2) is 12.1 Å². The first-order valence-corrected chi connectivity index (χ1v) is 9.99. The van der Waals surface area contributed by atoms with Gasteiger partial charge in [-0.05, 0) is 38.3 Å². The average Bonchev–Trinajstić information content (AvgIpc) is 3.06. The molecule has 29 heavy (non-hydrogen) atoms. The molecule has 8 heteroatoms. The third kappa shape index (κ3) is 4.11. The molecule has 3 aromatic rings. The molecule has 2 aromatic heterocycles.